The van der Waals surface area contributed by atoms with Gasteiger partial charge in [0.05, 0.1) is 23.8 Å². The Morgan fingerprint density at radius 2 is 1.68 bits per heavy atom. The molecule has 3 rings (SSSR count). The highest BCUT2D eigenvalue weighted by Crippen LogP contribution is 2.23. The van der Waals surface area contributed by atoms with Crippen molar-refractivity contribution in [1.29, 1.82) is 0 Å². The molecule has 1 saturated heterocycles. The average Bonchev–Trinajstić information content (AvgIpc) is 2.82. The molecule has 1 aliphatic rings. The van der Waals surface area contributed by atoms with Crippen LogP contribution in [0.15, 0.2) is 59.5 Å². The minimum absolute atomic E-state index is 0.0703. The number of hydrogen-bond donors (Lipinski definition) is 0. The fourth-order valence-corrected chi connectivity index (χ4v) is 4.78. The number of benzene rings is 2. The van der Waals surface area contributed by atoms with Crippen LogP contribution in [0.3, 0.4) is 0 Å². The van der Waals surface area contributed by atoms with Crippen LogP contribution in [0.4, 0.5) is 5.69 Å². The lowest BCUT2D eigenvalue weighted by atomic mass is 9.97. The largest absolute Gasteiger partial charge is 0.382 e. The number of likely N-dealkylation sites (tertiary alicyclic amines) is 1. The Morgan fingerprint density at radius 1 is 1.03 bits per heavy atom. The van der Waals surface area contributed by atoms with Crippen molar-refractivity contribution < 1.29 is 22.7 Å². The predicted molar refractivity (Wildman–Crippen MR) is 120 cm³/mol. The first-order chi connectivity index (χ1) is 14.9. The number of anilines is 1. The molecule has 0 bridgehead atoms. The van der Waals surface area contributed by atoms with Crippen molar-refractivity contribution in [3.63, 3.8) is 0 Å². The molecule has 0 radical (unpaired) electrons. The molecule has 168 valence electrons. The molecular weight excluding hydrogens is 416 g/mol. The molecule has 1 amide bonds. The SMILES string of the molecule is COCCOCC1CCN(C(=O)c2ccc(S(=O)(=O)N(C)c3ccccc3)cc2)CC1. The lowest BCUT2D eigenvalue weighted by molar-refractivity contribution is 0.0327. The van der Waals surface area contributed by atoms with Crippen LogP contribution in [0.2, 0.25) is 0 Å². The van der Waals surface area contributed by atoms with E-state index in [0.717, 1.165) is 12.8 Å². The summed E-state index contributed by atoms with van der Waals surface area (Å²) in [5.41, 5.74) is 1.08. The van der Waals surface area contributed by atoms with Crippen LogP contribution in [-0.4, -0.2) is 66.3 Å². The topological polar surface area (TPSA) is 76.1 Å². The van der Waals surface area contributed by atoms with Crippen LogP contribution in [0, 0.1) is 5.92 Å². The zero-order chi connectivity index (χ0) is 22.3. The number of piperidine rings is 1. The van der Waals surface area contributed by atoms with Gasteiger partial charge in [0.2, 0.25) is 0 Å². The molecule has 0 atom stereocenters. The van der Waals surface area contributed by atoms with Crippen molar-refractivity contribution in [1.82, 2.24) is 4.90 Å². The number of nitrogens with zero attached hydrogens (tertiary/aromatic N) is 2. The van der Waals surface area contributed by atoms with Crippen molar-refractivity contribution >= 4 is 21.6 Å². The van der Waals surface area contributed by atoms with E-state index < -0.39 is 10.0 Å². The summed E-state index contributed by atoms with van der Waals surface area (Å²) in [5.74, 6) is 0.376. The Balaban J connectivity index is 1.58. The van der Waals surface area contributed by atoms with Crippen LogP contribution >= 0.6 is 0 Å². The normalized spacial score (nSPS) is 15.1. The summed E-state index contributed by atoms with van der Waals surface area (Å²) >= 11 is 0. The summed E-state index contributed by atoms with van der Waals surface area (Å²) in [7, 11) is -0.524. The highest BCUT2D eigenvalue weighted by Gasteiger charge is 2.25. The van der Waals surface area contributed by atoms with Gasteiger partial charge in [0.25, 0.3) is 15.9 Å². The number of carbonyl (C=O) groups excluding carboxylic acids is 1. The van der Waals surface area contributed by atoms with Crippen LogP contribution in [0.25, 0.3) is 0 Å². The van der Waals surface area contributed by atoms with Crippen molar-refractivity contribution in [3.8, 4) is 0 Å². The lowest BCUT2D eigenvalue weighted by Crippen LogP contribution is -2.39. The van der Waals surface area contributed by atoms with Gasteiger partial charge in [0.1, 0.15) is 0 Å². The van der Waals surface area contributed by atoms with E-state index in [1.807, 2.05) is 11.0 Å². The number of sulfonamides is 1. The Hall–Kier alpha value is -2.42. The molecule has 31 heavy (non-hydrogen) atoms. The molecule has 1 fully saturated rings. The van der Waals surface area contributed by atoms with Gasteiger partial charge in [0, 0.05) is 39.4 Å². The van der Waals surface area contributed by atoms with E-state index in [1.165, 1.54) is 23.5 Å². The zero-order valence-corrected chi connectivity index (χ0v) is 18.9. The maximum absolute atomic E-state index is 12.9. The second kappa shape index (κ2) is 10.7. The maximum atomic E-state index is 12.9. The van der Waals surface area contributed by atoms with E-state index >= 15 is 0 Å². The highest BCUT2D eigenvalue weighted by atomic mass is 32.2. The number of ether oxygens (including phenoxy) is 2. The van der Waals surface area contributed by atoms with Gasteiger partial charge in [-0.2, -0.15) is 0 Å². The lowest BCUT2D eigenvalue weighted by Gasteiger charge is -2.32. The van der Waals surface area contributed by atoms with Crippen LogP contribution in [0.1, 0.15) is 23.2 Å². The summed E-state index contributed by atoms with van der Waals surface area (Å²) in [5, 5.41) is 0. The minimum atomic E-state index is -3.69. The smallest absolute Gasteiger partial charge is 0.264 e. The molecule has 0 saturated carbocycles. The Kier molecular flexibility index (Phi) is 8.06. The third-order valence-corrected chi connectivity index (χ3v) is 7.37. The number of hydrogen-bond acceptors (Lipinski definition) is 5. The molecule has 0 N–H and O–H groups in total. The van der Waals surface area contributed by atoms with E-state index in [0.29, 0.717) is 50.1 Å². The molecule has 2 aromatic rings. The fraction of sp³-hybridized carbons (Fsp3) is 0.435. The summed E-state index contributed by atoms with van der Waals surface area (Å²) in [6.07, 6.45) is 1.79. The summed E-state index contributed by atoms with van der Waals surface area (Å²) in [4.78, 5) is 14.8. The van der Waals surface area contributed by atoms with Gasteiger partial charge in [-0.1, -0.05) is 18.2 Å². The Bertz CT molecular complexity index is 940. The fourth-order valence-electron chi connectivity index (χ4n) is 3.58. The van der Waals surface area contributed by atoms with Gasteiger partial charge < -0.3 is 14.4 Å². The summed E-state index contributed by atoms with van der Waals surface area (Å²) in [6, 6.07) is 15.1. The number of methoxy groups -OCH3 is 1. The highest BCUT2D eigenvalue weighted by molar-refractivity contribution is 7.92. The van der Waals surface area contributed by atoms with Gasteiger partial charge in [0.15, 0.2) is 0 Å². The molecule has 1 aliphatic heterocycles. The maximum Gasteiger partial charge on any atom is 0.264 e. The molecule has 7 nitrogen and oxygen atoms in total. The molecule has 0 aromatic heterocycles. The van der Waals surface area contributed by atoms with Gasteiger partial charge in [-0.05, 0) is 55.2 Å². The first kappa shape index (κ1) is 23.2. The quantitative estimate of drug-likeness (QED) is 0.554. The monoisotopic (exact) mass is 446 g/mol. The Labute approximate surface area is 184 Å². The van der Waals surface area contributed by atoms with Crippen LogP contribution in [0.5, 0.6) is 0 Å². The van der Waals surface area contributed by atoms with Gasteiger partial charge in [-0.15, -0.1) is 0 Å². The average molecular weight is 447 g/mol. The van der Waals surface area contributed by atoms with E-state index in [4.69, 9.17) is 9.47 Å². The number of para-hydroxylation sites is 1. The predicted octanol–water partition coefficient (Wildman–Crippen LogP) is 3.03. The summed E-state index contributed by atoms with van der Waals surface area (Å²) < 4.78 is 37.6. The van der Waals surface area contributed by atoms with Gasteiger partial charge in [-0.25, -0.2) is 8.42 Å². The van der Waals surface area contributed by atoms with Crippen molar-refractivity contribution in [2.24, 2.45) is 5.92 Å². The number of amides is 1. The van der Waals surface area contributed by atoms with Crippen molar-refractivity contribution in [2.75, 3.05) is 51.4 Å². The number of carbonyl (C=O) groups is 1. The molecule has 0 aliphatic carbocycles. The first-order valence-corrected chi connectivity index (χ1v) is 11.9. The van der Waals surface area contributed by atoms with Gasteiger partial charge in [-0.3, -0.25) is 9.10 Å². The van der Waals surface area contributed by atoms with Crippen LogP contribution < -0.4 is 4.31 Å². The standard InChI is InChI=1S/C23H30N2O5S/c1-24(21-6-4-3-5-7-21)31(27,28)22-10-8-20(9-11-22)23(26)25-14-12-19(13-15-25)18-30-17-16-29-2/h3-11,19H,12-18H2,1-2H3. The zero-order valence-electron chi connectivity index (χ0n) is 18.1. The third-order valence-electron chi connectivity index (χ3n) is 5.57. The van der Waals surface area contributed by atoms with Crippen LogP contribution in [-0.2, 0) is 19.5 Å². The first-order valence-electron chi connectivity index (χ1n) is 10.4. The van der Waals surface area contributed by atoms with Gasteiger partial charge >= 0.3 is 0 Å². The van der Waals surface area contributed by atoms with Crippen molar-refractivity contribution in [3.05, 3.63) is 60.2 Å². The van der Waals surface area contributed by atoms with E-state index in [9.17, 15) is 13.2 Å². The molecule has 0 unspecified atom stereocenters. The molecule has 8 heteroatoms. The molecular formula is C23H30N2O5S. The van der Waals surface area contributed by atoms with E-state index in [2.05, 4.69) is 0 Å². The second-order valence-corrected chi connectivity index (χ2v) is 9.61. The van der Waals surface area contributed by atoms with E-state index in [1.54, 1.807) is 43.5 Å². The number of rotatable bonds is 9. The van der Waals surface area contributed by atoms with Crippen molar-refractivity contribution in [2.45, 2.75) is 17.7 Å². The minimum Gasteiger partial charge on any atom is -0.382 e. The molecule has 2 aromatic carbocycles. The second-order valence-electron chi connectivity index (χ2n) is 7.64. The van der Waals surface area contributed by atoms with E-state index in [-0.39, 0.29) is 10.8 Å². The molecule has 0 spiro atoms. The molecule has 1 heterocycles. The summed E-state index contributed by atoms with van der Waals surface area (Å²) in [6.45, 7) is 3.21. The third kappa shape index (κ3) is 5.84. The Morgan fingerprint density at radius 3 is 2.29 bits per heavy atom.